The summed E-state index contributed by atoms with van der Waals surface area (Å²) in [7, 11) is 1.57. The quantitative estimate of drug-likeness (QED) is 0.413. The fourth-order valence-electron chi connectivity index (χ4n) is 4.34. The van der Waals surface area contributed by atoms with Gasteiger partial charge in [0.2, 0.25) is 11.8 Å². The van der Waals surface area contributed by atoms with Gasteiger partial charge in [0, 0.05) is 49.6 Å². The SMILES string of the molecule is COc1cc(N2CCN(C(=O)Cn3cc(-c4ccc(F)c(C)c4)nc3-c3ccccc3)CC2)ncn1. The Hall–Kier alpha value is -4.27. The minimum Gasteiger partial charge on any atom is -0.481 e. The molecule has 0 unspecified atom stereocenters. The van der Waals surface area contributed by atoms with Gasteiger partial charge in [0.05, 0.1) is 12.8 Å². The second-order valence-electron chi connectivity index (χ2n) is 8.69. The highest BCUT2D eigenvalue weighted by molar-refractivity contribution is 5.78. The summed E-state index contributed by atoms with van der Waals surface area (Å²) in [5.41, 5.74) is 2.98. The number of imidazole rings is 1. The van der Waals surface area contributed by atoms with Crippen molar-refractivity contribution in [3.05, 3.63) is 78.5 Å². The molecule has 2 aromatic heterocycles. The molecule has 1 aliphatic heterocycles. The lowest BCUT2D eigenvalue weighted by Crippen LogP contribution is -2.49. The first-order valence-electron chi connectivity index (χ1n) is 11.8. The van der Waals surface area contributed by atoms with Crippen LogP contribution >= 0.6 is 0 Å². The summed E-state index contributed by atoms with van der Waals surface area (Å²) in [6.07, 6.45) is 3.35. The van der Waals surface area contributed by atoms with Crippen molar-refractivity contribution in [3.8, 4) is 28.5 Å². The van der Waals surface area contributed by atoms with E-state index in [9.17, 15) is 9.18 Å². The van der Waals surface area contributed by atoms with Crippen LogP contribution < -0.4 is 9.64 Å². The van der Waals surface area contributed by atoms with Gasteiger partial charge in [0.25, 0.3) is 0 Å². The van der Waals surface area contributed by atoms with Crippen LogP contribution in [0.5, 0.6) is 5.88 Å². The Morgan fingerprint density at radius 1 is 1.00 bits per heavy atom. The van der Waals surface area contributed by atoms with Crippen LogP contribution in [0.1, 0.15) is 5.56 Å². The lowest BCUT2D eigenvalue weighted by molar-refractivity contribution is -0.132. The first kappa shape index (κ1) is 23.5. The second kappa shape index (κ2) is 10.2. The summed E-state index contributed by atoms with van der Waals surface area (Å²) in [5.74, 6) is 1.77. The van der Waals surface area contributed by atoms with Gasteiger partial charge >= 0.3 is 0 Å². The van der Waals surface area contributed by atoms with Gasteiger partial charge < -0.3 is 19.1 Å². The van der Waals surface area contributed by atoms with Gasteiger partial charge in [-0.1, -0.05) is 30.3 Å². The van der Waals surface area contributed by atoms with Crippen LogP contribution in [-0.2, 0) is 11.3 Å². The topological polar surface area (TPSA) is 76.4 Å². The highest BCUT2D eigenvalue weighted by Gasteiger charge is 2.24. The molecule has 4 aromatic rings. The number of methoxy groups -OCH3 is 1. The minimum absolute atomic E-state index is 0.0198. The molecule has 0 bridgehead atoms. The van der Waals surface area contributed by atoms with Crippen LogP contribution in [0.25, 0.3) is 22.6 Å². The molecule has 1 aliphatic rings. The maximum Gasteiger partial charge on any atom is 0.242 e. The molecule has 1 amide bonds. The molecular formula is C27H27FN6O2. The Labute approximate surface area is 209 Å². The molecule has 5 rings (SSSR count). The predicted molar refractivity (Wildman–Crippen MR) is 135 cm³/mol. The van der Waals surface area contributed by atoms with E-state index >= 15 is 0 Å². The van der Waals surface area contributed by atoms with E-state index in [0.29, 0.717) is 49.1 Å². The number of piperazine rings is 1. The maximum atomic E-state index is 13.8. The molecule has 8 nitrogen and oxygen atoms in total. The van der Waals surface area contributed by atoms with E-state index in [0.717, 1.165) is 16.9 Å². The van der Waals surface area contributed by atoms with Crippen LogP contribution in [-0.4, -0.2) is 63.6 Å². The molecule has 0 N–H and O–H groups in total. The number of amides is 1. The standard InChI is InChI=1S/C27H27FN6O2/c1-19-14-21(8-9-22(19)28)23-16-34(27(31-23)20-6-4-3-5-7-20)17-26(35)33-12-10-32(11-13-33)24-15-25(36-2)30-18-29-24/h3-9,14-16,18H,10-13,17H2,1-2H3. The number of carbonyl (C=O) groups is 1. The summed E-state index contributed by atoms with van der Waals surface area (Å²) in [5, 5.41) is 0. The van der Waals surface area contributed by atoms with Crippen molar-refractivity contribution in [2.75, 3.05) is 38.2 Å². The number of anilines is 1. The van der Waals surface area contributed by atoms with Gasteiger partial charge in [-0.25, -0.2) is 19.3 Å². The second-order valence-corrected chi connectivity index (χ2v) is 8.69. The van der Waals surface area contributed by atoms with Crippen molar-refractivity contribution in [2.45, 2.75) is 13.5 Å². The van der Waals surface area contributed by atoms with Crippen molar-refractivity contribution in [1.29, 1.82) is 0 Å². The zero-order valence-corrected chi connectivity index (χ0v) is 20.3. The lowest BCUT2D eigenvalue weighted by Gasteiger charge is -2.35. The fourth-order valence-corrected chi connectivity index (χ4v) is 4.34. The van der Waals surface area contributed by atoms with Crippen LogP contribution in [0.15, 0.2) is 67.1 Å². The number of rotatable bonds is 6. The number of ether oxygens (including phenoxy) is 1. The number of nitrogens with zero attached hydrogens (tertiary/aromatic N) is 6. The summed E-state index contributed by atoms with van der Waals surface area (Å²) >= 11 is 0. The van der Waals surface area contributed by atoms with Crippen molar-refractivity contribution >= 4 is 11.7 Å². The molecule has 0 spiro atoms. The number of aromatic nitrogens is 4. The summed E-state index contributed by atoms with van der Waals surface area (Å²) in [6, 6.07) is 16.5. The molecule has 9 heteroatoms. The maximum absolute atomic E-state index is 13.8. The highest BCUT2D eigenvalue weighted by Crippen LogP contribution is 2.27. The molecule has 2 aromatic carbocycles. The van der Waals surface area contributed by atoms with E-state index in [1.807, 2.05) is 46.0 Å². The van der Waals surface area contributed by atoms with E-state index in [1.54, 1.807) is 32.2 Å². The molecule has 3 heterocycles. The van der Waals surface area contributed by atoms with E-state index < -0.39 is 0 Å². The van der Waals surface area contributed by atoms with Gasteiger partial charge in [0.1, 0.15) is 30.3 Å². The molecule has 0 saturated carbocycles. The monoisotopic (exact) mass is 486 g/mol. The molecule has 0 atom stereocenters. The average Bonchev–Trinajstić information content (AvgIpc) is 3.34. The first-order chi connectivity index (χ1) is 17.5. The zero-order chi connectivity index (χ0) is 25.1. The lowest BCUT2D eigenvalue weighted by atomic mass is 10.1. The molecular weight excluding hydrogens is 459 g/mol. The molecule has 1 fully saturated rings. The molecule has 0 radical (unpaired) electrons. The molecule has 36 heavy (non-hydrogen) atoms. The van der Waals surface area contributed by atoms with Crippen molar-refractivity contribution in [1.82, 2.24) is 24.4 Å². The molecule has 1 saturated heterocycles. The zero-order valence-electron chi connectivity index (χ0n) is 20.3. The Balaban J connectivity index is 1.34. The van der Waals surface area contributed by atoms with Crippen LogP contribution in [0.3, 0.4) is 0 Å². The number of halogens is 1. The minimum atomic E-state index is -0.254. The Bertz CT molecular complexity index is 1370. The van der Waals surface area contributed by atoms with Crippen molar-refractivity contribution < 1.29 is 13.9 Å². The third-order valence-corrected chi connectivity index (χ3v) is 6.36. The summed E-state index contributed by atoms with van der Waals surface area (Å²) in [4.78, 5) is 30.5. The molecule has 184 valence electrons. The normalized spacial score (nSPS) is 13.6. The van der Waals surface area contributed by atoms with Crippen LogP contribution in [0, 0.1) is 12.7 Å². The van der Waals surface area contributed by atoms with E-state index in [4.69, 9.17) is 9.72 Å². The van der Waals surface area contributed by atoms with E-state index in [2.05, 4.69) is 14.9 Å². The van der Waals surface area contributed by atoms with E-state index in [-0.39, 0.29) is 18.3 Å². The summed E-state index contributed by atoms with van der Waals surface area (Å²) < 4.78 is 20.9. The van der Waals surface area contributed by atoms with Gasteiger partial charge in [-0.05, 0) is 30.7 Å². The predicted octanol–water partition coefficient (Wildman–Crippen LogP) is 3.81. The van der Waals surface area contributed by atoms with Crippen molar-refractivity contribution in [2.24, 2.45) is 0 Å². The Kier molecular flexibility index (Phi) is 6.62. The first-order valence-corrected chi connectivity index (χ1v) is 11.8. The highest BCUT2D eigenvalue weighted by atomic mass is 19.1. The smallest absolute Gasteiger partial charge is 0.242 e. The van der Waals surface area contributed by atoms with Gasteiger partial charge in [0.15, 0.2) is 0 Å². The number of hydrogen-bond acceptors (Lipinski definition) is 6. The van der Waals surface area contributed by atoms with Crippen LogP contribution in [0.2, 0.25) is 0 Å². The number of benzene rings is 2. The Morgan fingerprint density at radius 3 is 2.50 bits per heavy atom. The van der Waals surface area contributed by atoms with Crippen LogP contribution in [0.4, 0.5) is 10.2 Å². The Morgan fingerprint density at radius 2 is 1.78 bits per heavy atom. The number of carbonyl (C=O) groups excluding carboxylic acids is 1. The third kappa shape index (κ3) is 4.91. The number of hydrogen-bond donors (Lipinski definition) is 0. The number of aryl methyl sites for hydroxylation is 1. The van der Waals surface area contributed by atoms with Crippen molar-refractivity contribution in [3.63, 3.8) is 0 Å². The fraction of sp³-hybridized carbons (Fsp3) is 0.259. The van der Waals surface area contributed by atoms with Gasteiger partial charge in [-0.15, -0.1) is 0 Å². The third-order valence-electron chi connectivity index (χ3n) is 6.36. The van der Waals surface area contributed by atoms with E-state index in [1.165, 1.54) is 12.4 Å². The summed E-state index contributed by atoms with van der Waals surface area (Å²) in [6.45, 7) is 4.41. The largest absolute Gasteiger partial charge is 0.481 e. The van der Waals surface area contributed by atoms with Gasteiger partial charge in [-0.2, -0.15) is 0 Å². The van der Waals surface area contributed by atoms with Gasteiger partial charge in [-0.3, -0.25) is 4.79 Å². The molecule has 0 aliphatic carbocycles. The average molecular weight is 487 g/mol.